The lowest BCUT2D eigenvalue weighted by atomic mass is 10.1. The largest absolute Gasteiger partial charge is 0.351 e. The van der Waals surface area contributed by atoms with E-state index in [4.69, 9.17) is 0 Å². The zero-order valence-electron chi connectivity index (χ0n) is 10.7. The van der Waals surface area contributed by atoms with Crippen LogP contribution in [0.15, 0.2) is 18.2 Å². The molecule has 2 rings (SSSR count). The van der Waals surface area contributed by atoms with E-state index < -0.39 is 17.6 Å². The molecule has 19 heavy (non-hydrogen) atoms. The number of nitrogens with zero attached hydrogens (tertiary/aromatic N) is 1. The van der Waals surface area contributed by atoms with Crippen LogP contribution in [0.5, 0.6) is 0 Å². The van der Waals surface area contributed by atoms with Gasteiger partial charge in [0, 0.05) is 6.54 Å². The predicted molar refractivity (Wildman–Crippen MR) is 69.1 cm³/mol. The van der Waals surface area contributed by atoms with Crippen LogP contribution in [0.25, 0.3) is 0 Å². The van der Waals surface area contributed by atoms with Gasteiger partial charge >= 0.3 is 0 Å². The average molecular weight is 265 g/mol. The molecule has 5 nitrogen and oxygen atoms in total. The van der Waals surface area contributed by atoms with Crippen LogP contribution in [0.3, 0.4) is 0 Å². The maximum Gasteiger partial charge on any atom is 0.246 e. The highest BCUT2D eigenvalue weighted by atomic mass is 19.1. The molecule has 1 saturated heterocycles. The standard InChI is InChI=1S/C13H16FN3O2/c1-2-15-6-9-3-4-11(10(14)5-9)17-7-12(18)16-13(19)8-17/h3-5,15H,2,6-8H2,1H3,(H,16,18,19). The van der Waals surface area contributed by atoms with Crippen molar-refractivity contribution in [1.82, 2.24) is 10.6 Å². The molecule has 0 spiro atoms. The lowest BCUT2D eigenvalue weighted by molar-refractivity contribution is -0.130. The van der Waals surface area contributed by atoms with Crippen LogP contribution in [0.4, 0.5) is 10.1 Å². The van der Waals surface area contributed by atoms with Crippen LogP contribution in [0, 0.1) is 5.82 Å². The summed E-state index contributed by atoms with van der Waals surface area (Å²) in [6, 6.07) is 4.82. The molecule has 0 unspecified atom stereocenters. The number of piperazine rings is 1. The van der Waals surface area contributed by atoms with Crippen molar-refractivity contribution in [2.75, 3.05) is 24.5 Å². The zero-order chi connectivity index (χ0) is 13.8. The number of rotatable bonds is 4. The number of hydrogen-bond donors (Lipinski definition) is 2. The number of carbonyl (C=O) groups excluding carboxylic acids is 2. The van der Waals surface area contributed by atoms with Crippen molar-refractivity contribution in [2.24, 2.45) is 0 Å². The average Bonchev–Trinajstić information content (AvgIpc) is 2.35. The summed E-state index contributed by atoms with van der Waals surface area (Å²) >= 11 is 0. The fraction of sp³-hybridized carbons (Fsp3) is 0.385. The summed E-state index contributed by atoms with van der Waals surface area (Å²) in [5, 5.41) is 5.29. The van der Waals surface area contributed by atoms with Crippen molar-refractivity contribution < 1.29 is 14.0 Å². The van der Waals surface area contributed by atoms with E-state index >= 15 is 0 Å². The molecule has 1 heterocycles. The highest BCUT2D eigenvalue weighted by Crippen LogP contribution is 2.21. The number of halogens is 1. The zero-order valence-corrected chi connectivity index (χ0v) is 10.7. The Balaban J connectivity index is 2.16. The Morgan fingerprint density at radius 1 is 1.32 bits per heavy atom. The monoisotopic (exact) mass is 265 g/mol. The number of amides is 2. The van der Waals surface area contributed by atoms with E-state index in [1.165, 1.54) is 11.0 Å². The minimum atomic E-state index is -0.419. The number of anilines is 1. The Kier molecular flexibility index (Phi) is 4.11. The lowest BCUT2D eigenvalue weighted by Gasteiger charge is -2.27. The third-order valence-corrected chi connectivity index (χ3v) is 2.88. The van der Waals surface area contributed by atoms with Gasteiger partial charge in [-0.25, -0.2) is 4.39 Å². The number of carbonyl (C=O) groups is 2. The lowest BCUT2D eigenvalue weighted by Crippen LogP contribution is -2.51. The molecule has 2 N–H and O–H groups in total. The first-order chi connectivity index (χ1) is 9.10. The van der Waals surface area contributed by atoms with Gasteiger partial charge in [0.05, 0.1) is 18.8 Å². The summed E-state index contributed by atoms with van der Waals surface area (Å²) in [5.74, 6) is -1.24. The summed E-state index contributed by atoms with van der Waals surface area (Å²) in [7, 11) is 0. The van der Waals surface area contributed by atoms with E-state index in [-0.39, 0.29) is 18.8 Å². The molecule has 1 aromatic carbocycles. The van der Waals surface area contributed by atoms with Crippen LogP contribution in [-0.4, -0.2) is 31.4 Å². The Hall–Kier alpha value is -1.95. The van der Waals surface area contributed by atoms with E-state index in [2.05, 4.69) is 10.6 Å². The van der Waals surface area contributed by atoms with E-state index in [0.717, 1.165) is 12.1 Å². The molecule has 1 fully saturated rings. The molecule has 1 aliphatic rings. The smallest absolute Gasteiger partial charge is 0.246 e. The molecule has 0 saturated carbocycles. The maximum atomic E-state index is 14.0. The quantitative estimate of drug-likeness (QED) is 0.774. The number of benzene rings is 1. The second-order valence-electron chi connectivity index (χ2n) is 4.39. The Morgan fingerprint density at radius 3 is 2.58 bits per heavy atom. The molecular weight excluding hydrogens is 249 g/mol. The molecule has 2 amide bonds. The minimum absolute atomic E-state index is 0.00475. The van der Waals surface area contributed by atoms with Gasteiger partial charge in [0.25, 0.3) is 0 Å². The third kappa shape index (κ3) is 3.29. The summed E-state index contributed by atoms with van der Waals surface area (Å²) in [4.78, 5) is 24.0. The van der Waals surface area contributed by atoms with E-state index in [9.17, 15) is 14.0 Å². The SMILES string of the molecule is CCNCc1ccc(N2CC(=O)NC(=O)C2)c(F)c1. The maximum absolute atomic E-state index is 14.0. The number of nitrogens with one attached hydrogen (secondary N) is 2. The van der Waals surface area contributed by atoms with E-state index in [1.807, 2.05) is 6.92 Å². The Morgan fingerprint density at radius 2 is 2.00 bits per heavy atom. The first-order valence-electron chi connectivity index (χ1n) is 6.17. The summed E-state index contributed by atoms with van der Waals surface area (Å²) in [6.07, 6.45) is 0. The van der Waals surface area contributed by atoms with Gasteiger partial charge in [-0.3, -0.25) is 14.9 Å². The predicted octanol–water partition coefficient (Wildman–Crippen LogP) is 0.398. The molecule has 6 heteroatoms. The van der Waals surface area contributed by atoms with Gasteiger partial charge < -0.3 is 10.2 Å². The Labute approximate surface area is 110 Å². The minimum Gasteiger partial charge on any atom is -0.351 e. The van der Waals surface area contributed by atoms with Gasteiger partial charge in [-0.1, -0.05) is 13.0 Å². The van der Waals surface area contributed by atoms with Crippen molar-refractivity contribution in [3.8, 4) is 0 Å². The van der Waals surface area contributed by atoms with Crippen LogP contribution in [0.2, 0.25) is 0 Å². The molecule has 1 aromatic rings. The molecule has 1 aliphatic heterocycles. The summed E-state index contributed by atoms with van der Waals surface area (Å²) in [6.45, 7) is 3.37. The van der Waals surface area contributed by atoms with Gasteiger partial charge in [-0.05, 0) is 24.2 Å². The molecule has 0 aromatic heterocycles. The van der Waals surface area contributed by atoms with Gasteiger partial charge in [-0.15, -0.1) is 0 Å². The number of imide groups is 1. The van der Waals surface area contributed by atoms with Crippen molar-refractivity contribution in [1.29, 1.82) is 0 Å². The van der Waals surface area contributed by atoms with Crippen molar-refractivity contribution >= 4 is 17.5 Å². The van der Waals surface area contributed by atoms with Crippen LogP contribution in [0.1, 0.15) is 12.5 Å². The van der Waals surface area contributed by atoms with Crippen LogP contribution < -0.4 is 15.5 Å². The second-order valence-corrected chi connectivity index (χ2v) is 4.39. The first-order valence-corrected chi connectivity index (χ1v) is 6.17. The highest BCUT2D eigenvalue weighted by molar-refractivity contribution is 6.02. The normalized spacial score (nSPS) is 15.6. The van der Waals surface area contributed by atoms with Crippen molar-refractivity contribution in [3.63, 3.8) is 0 Å². The molecular formula is C13H16FN3O2. The fourth-order valence-corrected chi connectivity index (χ4v) is 1.99. The molecule has 102 valence electrons. The third-order valence-electron chi connectivity index (χ3n) is 2.88. The van der Waals surface area contributed by atoms with Gasteiger partial charge in [-0.2, -0.15) is 0 Å². The molecule has 0 aliphatic carbocycles. The summed E-state index contributed by atoms with van der Waals surface area (Å²) in [5.41, 5.74) is 1.11. The van der Waals surface area contributed by atoms with E-state index in [0.29, 0.717) is 6.54 Å². The van der Waals surface area contributed by atoms with Crippen molar-refractivity contribution in [2.45, 2.75) is 13.5 Å². The number of hydrogen-bond acceptors (Lipinski definition) is 4. The summed E-state index contributed by atoms with van der Waals surface area (Å²) < 4.78 is 14.0. The topological polar surface area (TPSA) is 61.4 Å². The van der Waals surface area contributed by atoms with E-state index in [1.54, 1.807) is 12.1 Å². The van der Waals surface area contributed by atoms with Gasteiger partial charge in [0.15, 0.2) is 0 Å². The van der Waals surface area contributed by atoms with Gasteiger partial charge in [0.1, 0.15) is 5.82 Å². The highest BCUT2D eigenvalue weighted by Gasteiger charge is 2.24. The molecule has 0 bridgehead atoms. The van der Waals surface area contributed by atoms with Crippen LogP contribution in [-0.2, 0) is 16.1 Å². The second kappa shape index (κ2) is 5.79. The Bertz CT molecular complexity index is 489. The molecule has 0 atom stereocenters. The van der Waals surface area contributed by atoms with Crippen molar-refractivity contribution in [3.05, 3.63) is 29.6 Å². The van der Waals surface area contributed by atoms with Crippen LogP contribution >= 0.6 is 0 Å². The van der Waals surface area contributed by atoms with Gasteiger partial charge in [0.2, 0.25) is 11.8 Å². The molecule has 0 radical (unpaired) electrons. The first kappa shape index (κ1) is 13.5. The fourth-order valence-electron chi connectivity index (χ4n) is 1.99.